The number of hydrogen-bond donors (Lipinski definition) is 3. The molecule has 0 aliphatic heterocycles. The van der Waals surface area contributed by atoms with Crippen LogP contribution in [0.25, 0.3) is 0 Å². The molecule has 18 heavy (non-hydrogen) atoms. The summed E-state index contributed by atoms with van der Waals surface area (Å²) in [6.07, 6.45) is 2.67. The third-order valence-corrected chi connectivity index (χ3v) is 2.53. The van der Waals surface area contributed by atoms with Gasteiger partial charge in [0, 0.05) is 18.4 Å². The zero-order valence-corrected chi connectivity index (χ0v) is 9.63. The van der Waals surface area contributed by atoms with E-state index in [-0.39, 0.29) is 11.3 Å². The van der Waals surface area contributed by atoms with Gasteiger partial charge in [-0.2, -0.15) is 0 Å². The van der Waals surface area contributed by atoms with Crippen molar-refractivity contribution in [3.8, 4) is 5.75 Å². The first-order chi connectivity index (χ1) is 8.72. The molecule has 4 N–H and O–H groups in total. The average molecular weight is 243 g/mol. The highest BCUT2D eigenvalue weighted by Crippen LogP contribution is 2.19. The van der Waals surface area contributed by atoms with Gasteiger partial charge >= 0.3 is 0 Å². The zero-order chi connectivity index (χ0) is 13.0. The molecule has 1 aromatic heterocycles. The maximum absolute atomic E-state index is 12.0. The monoisotopic (exact) mass is 243 g/mol. The van der Waals surface area contributed by atoms with Gasteiger partial charge in [-0.05, 0) is 17.7 Å². The highest BCUT2D eigenvalue weighted by atomic mass is 16.3. The van der Waals surface area contributed by atoms with Crippen LogP contribution in [0.2, 0.25) is 0 Å². The molecule has 0 spiro atoms. The molecule has 1 amide bonds. The Morgan fingerprint density at radius 2 is 2.11 bits per heavy atom. The summed E-state index contributed by atoms with van der Waals surface area (Å²) in [6, 6.07) is 8.71. The molecule has 0 saturated carbocycles. The fraction of sp³-hybridized carbons (Fsp3) is 0.0769. The third kappa shape index (κ3) is 2.46. The number of hydrogen-bond acceptors (Lipinski definition) is 4. The molecule has 1 aromatic carbocycles. The van der Waals surface area contributed by atoms with E-state index in [1.54, 1.807) is 12.1 Å². The Kier molecular flexibility index (Phi) is 3.54. The Bertz CT molecular complexity index is 570. The van der Waals surface area contributed by atoms with Crippen LogP contribution >= 0.6 is 0 Å². The second-order valence-electron chi connectivity index (χ2n) is 3.71. The van der Waals surface area contributed by atoms with Gasteiger partial charge in [0.1, 0.15) is 5.75 Å². The number of benzene rings is 1. The van der Waals surface area contributed by atoms with Gasteiger partial charge in [0.05, 0.1) is 11.8 Å². The van der Waals surface area contributed by atoms with Gasteiger partial charge in [0.25, 0.3) is 5.91 Å². The van der Waals surface area contributed by atoms with Crippen LogP contribution in [0, 0.1) is 0 Å². The summed E-state index contributed by atoms with van der Waals surface area (Å²) in [6.45, 7) is 0.332. The highest BCUT2D eigenvalue weighted by molar-refractivity contribution is 6.06. The summed E-state index contributed by atoms with van der Waals surface area (Å²) >= 11 is 0. The maximum Gasteiger partial charge on any atom is 0.259 e. The number of nitrogens with one attached hydrogen (secondary N) is 1. The molecular weight excluding hydrogens is 230 g/mol. The predicted molar refractivity (Wildman–Crippen MR) is 68.2 cm³/mol. The first-order valence-electron chi connectivity index (χ1n) is 5.44. The second kappa shape index (κ2) is 5.29. The van der Waals surface area contributed by atoms with Crippen LogP contribution in [-0.4, -0.2) is 16.0 Å². The van der Waals surface area contributed by atoms with Crippen molar-refractivity contribution in [2.75, 3.05) is 5.32 Å². The quantitative estimate of drug-likeness (QED) is 0.762. The third-order valence-electron chi connectivity index (χ3n) is 2.53. The summed E-state index contributed by atoms with van der Waals surface area (Å²) in [7, 11) is 0. The van der Waals surface area contributed by atoms with Gasteiger partial charge in [0.15, 0.2) is 0 Å². The molecule has 0 atom stereocenters. The number of carbonyl (C=O) groups is 1. The number of nitrogens with two attached hydrogens (primary N) is 1. The van der Waals surface area contributed by atoms with E-state index in [1.807, 2.05) is 12.1 Å². The first-order valence-corrected chi connectivity index (χ1v) is 5.44. The molecule has 0 aliphatic rings. The van der Waals surface area contributed by atoms with Crippen LogP contribution in [0.4, 0.5) is 5.69 Å². The number of anilines is 1. The lowest BCUT2D eigenvalue weighted by molar-refractivity contribution is 0.102. The molecule has 2 rings (SSSR count). The molecule has 0 unspecified atom stereocenters. The van der Waals surface area contributed by atoms with Crippen molar-refractivity contribution in [2.45, 2.75) is 6.54 Å². The van der Waals surface area contributed by atoms with Crippen LogP contribution in [-0.2, 0) is 6.54 Å². The number of amides is 1. The maximum atomic E-state index is 12.0. The molecule has 5 heteroatoms. The number of rotatable bonds is 3. The van der Waals surface area contributed by atoms with Gasteiger partial charge < -0.3 is 16.2 Å². The van der Waals surface area contributed by atoms with Gasteiger partial charge in [-0.25, -0.2) is 0 Å². The van der Waals surface area contributed by atoms with Crippen LogP contribution in [0.1, 0.15) is 15.9 Å². The second-order valence-corrected chi connectivity index (χ2v) is 3.71. The number of aromatic nitrogens is 1. The minimum absolute atomic E-state index is 0.153. The van der Waals surface area contributed by atoms with Gasteiger partial charge in [0.2, 0.25) is 0 Å². The highest BCUT2D eigenvalue weighted by Gasteiger charge is 2.12. The van der Waals surface area contributed by atoms with E-state index in [2.05, 4.69) is 10.3 Å². The fourth-order valence-electron chi connectivity index (χ4n) is 1.59. The van der Waals surface area contributed by atoms with Crippen LogP contribution in [0.15, 0.2) is 42.7 Å². The molecule has 0 radical (unpaired) electrons. The topological polar surface area (TPSA) is 88.2 Å². The number of aromatic hydroxyl groups is 1. The molecule has 0 saturated heterocycles. The van der Waals surface area contributed by atoms with Crippen molar-refractivity contribution >= 4 is 11.6 Å². The number of para-hydroxylation sites is 1. The van der Waals surface area contributed by atoms with E-state index in [0.717, 1.165) is 5.56 Å². The lowest BCUT2D eigenvalue weighted by Crippen LogP contribution is -2.14. The van der Waals surface area contributed by atoms with Crippen molar-refractivity contribution in [3.05, 3.63) is 53.9 Å². The molecular formula is C13H13N3O2. The summed E-state index contributed by atoms with van der Waals surface area (Å²) in [5.41, 5.74) is 7.23. The molecule has 0 fully saturated rings. The fourth-order valence-corrected chi connectivity index (χ4v) is 1.59. The number of pyridine rings is 1. The average Bonchev–Trinajstić information content (AvgIpc) is 2.39. The molecule has 92 valence electrons. The molecule has 1 heterocycles. The summed E-state index contributed by atoms with van der Waals surface area (Å²) in [5.74, 6) is -0.545. The lowest BCUT2D eigenvalue weighted by atomic mass is 10.1. The van der Waals surface area contributed by atoms with E-state index >= 15 is 0 Å². The van der Waals surface area contributed by atoms with Crippen LogP contribution < -0.4 is 11.1 Å². The van der Waals surface area contributed by atoms with E-state index in [1.165, 1.54) is 18.5 Å². The molecule has 5 nitrogen and oxygen atoms in total. The van der Waals surface area contributed by atoms with Crippen molar-refractivity contribution < 1.29 is 9.90 Å². The van der Waals surface area contributed by atoms with Crippen molar-refractivity contribution in [1.29, 1.82) is 0 Å². The summed E-state index contributed by atoms with van der Waals surface area (Å²) in [4.78, 5) is 15.7. The SMILES string of the molecule is NCc1ccccc1NC(=O)c1ccncc1O. The first kappa shape index (κ1) is 12.1. The smallest absolute Gasteiger partial charge is 0.259 e. The molecule has 0 bridgehead atoms. The lowest BCUT2D eigenvalue weighted by Gasteiger charge is -2.10. The molecule has 2 aromatic rings. The Balaban J connectivity index is 2.24. The molecule has 0 aliphatic carbocycles. The van der Waals surface area contributed by atoms with E-state index in [0.29, 0.717) is 12.2 Å². The van der Waals surface area contributed by atoms with Crippen LogP contribution in [0.3, 0.4) is 0 Å². The predicted octanol–water partition coefficient (Wildman–Crippen LogP) is 1.50. The van der Waals surface area contributed by atoms with Gasteiger partial charge in [-0.1, -0.05) is 18.2 Å². The largest absolute Gasteiger partial charge is 0.505 e. The van der Waals surface area contributed by atoms with Crippen molar-refractivity contribution in [1.82, 2.24) is 4.98 Å². The van der Waals surface area contributed by atoms with E-state index < -0.39 is 5.91 Å². The van der Waals surface area contributed by atoms with E-state index in [9.17, 15) is 9.90 Å². The Labute approximate surface area is 104 Å². The number of carbonyl (C=O) groups excluding carboxylic acids is 1. The van der Waals surface area contributed by atoms with Gasteiger partial charge in [-0.15, -0.1) is 0 Å². The van der Waals surface area contributed by atoms with Crippen LogP contribution in [0.5, 0.6) is 5.75 Å². The Hall–Kier alpha value is -2.40. The summed E-state index contributed by atoms with van der Waals surface area (Å²) in [5, 5.41) is 12.2. The number of nitrogens with zero attached hydrogens (tertiary/aromatic N) is 1. The van der Waals surface area contributed by atoms with Crippen molar-refractivity contribution in [3.63, 3.8) is 0 Å². The Morgan fingerprint density at radius 1 is 1.33 bits per heavy atom. The zero-order valence-electron chi connectivity index (χ0n) is 9.63. The standard InChI is InChI=1S/C13H13N3O2/c14-7-9-3-1-2-4-11(9)16-13(18)10-5-6-15-8-12(10)17/h1-6,8,17H,7,14H2,(H,16,18). The van der Waals surface area contributed by atoms with E-state index in [4.69, 9.17) is 5.73 Å². The minimum atomic E-state index is -0.393. The van der Waals surface area contributed by atoms with Crippen molar-refractivity contribution in [2.24, 2.45) is 5.73 Å². The van der Waals surface area contributed by atoms with Gasteiger partial charge in [-0.3, -0.25) is 9.78 Å². The normalized spacial score (nSPS) is 10.1. The minimum Gasteiger partial charge on any atom is -0.505 e. The summed E-state index contributed by atoms with van der Waals surface area (Å²) < 4.78 is 0. The Morgan fingerprint density at radius 3 is 2.83 bits per heavy atom.